The van der Waals surface area contributed by atoms with Gasteiger partial charge in [0.05, 0.1) is 29.8 Å². The monoisotopic (exact) mass is 393 g/mol. The number of hydrogen-bond donors (Lipinski definition) is 2. The van der Waals surface area contributed by atoms with Gasteiger partial charge in [0.1, 0.15) is 6.54 Å². The molecule has 1 aliphatic heterocycles. The molecule has 1 aromatic heterocycles. The molecule has 1 aliphatic rings. The molecule has 29 heavy (non-hydrogen) atoms. The summed E-state index contributed by atoms with van der Waals surface area (Å²) < 4.78 is 12.6. The van der Waals surface area contributed by atoms with Crippen LogP contribution < -0.4 is 19.7 Å². The van der Waals surface area contributed by atoms with Gasteiger partial charge in [0.2, 0.25) is 6.79 Å². The highest BCUT2D eigenvalue weighted by molar-refractivity contribution is 5.92. The van der Waals surface area contributed by atoms with Crippen molar-refractivity contribution in [2.75, 3.05) is 25.7 Å². The van der Waals surface area contributed by atoms with Gasteiger partial charge in [-0.2, -0.15) is 5.10 Å². The first-order valence-corrected chi connectivity index (χ1v) is 9.62. The first-order valence-electron chi connectivity index (χ1n) is 9.62. The molecule has 0 fully saturated rings. The first kappa shape index (κ1) is 19.0. The minimum Gasteiger partial charge on any atom is -0.454 e. The van der Waals surface area contributed by atoms with Crippen molar-refractivity contribution in [1.82, 2.24) is 9.78 Å². The van der Waals surface area contributed by atoms with Gasteiger partial charge >= 0.3 is 0 Å². The van der Waals surface area contributed by atoms with Gasteiger partial charge in [0.25, 0.3) is 5.91 Å². The summed E-state index contributed by atoms with van der Waals surface area (Å²) in [5, 5.41) is 7.62. The number of hydrogen-bond acceptors (Lipinski definition) is 4. The third-order valence-corrected chi connectivity index (χ3v) is 4.96. The molecule has 2 N–H and O–H groups in total. The third-order valence-electron chi connectivity index (χ3n) is 4.96. The molecule has 2 aromatic carbocycles. The number of carbonyl (C=O) groups is 1. The largest absolute Gasteiger partial charge is 0.454 e. The van der Waals surface area contributed by atoms with Crippen molar-refractivity contribution in [2.24, 2.45) is 0 Å². The van der Waals surface area contributed by atoms with Crippen LogP contribution in [-0.2, 0) is 11.3 Å². The molecular formula is C22H25N4O3+. The molecule has 0 saturated carbocycles. The second kappa shape index (κ2) is 7.97. The Hall–Kier alpha value is -3.32. The first-order chi connectivity index (χ1) is 14.0. The molecule has 0 radical (unpaired) electrons. The number of anilines is 1. The van der Waals surface area contributed by atoms with Gasteiger partial charge in [0.15, 0.2) is 18.0 Å². The van der Waals surface area contributed by atoms with Gasteiger partial charge in [0, 0.05) is 5.56 Å². The molecule has 0 spiro atoms. The highest BCUT2D eigenvalue weighted by atomic mass is 16.7. The van der Waals surface area contributed by atoms with E-state index < -0.39 is 0 Å². The number of nitrogens with zero attached hydrogens (tertiary/aromatic N) is 2. The Morgan fingerprint density at radius 3 is 2.69 bits per heavy atom. The summed E-state index contributed by atoms with van der Waals surface area (Å²) in [4.78, 5) is 13.7. The lowest BCUT2D eigenvalue weighted by Crippen LogP contribution is -3.08. The van der Waals surface area contributed by atoms with Gasteiger partial charge < -0.3 is 19.7 Å². The lowest BCUT2D eigenvalue weighted by molar-refractivity contribution is -0.885. The minimum absolute atomic E-state index is 0.0398. The number of amides is 1. The van der Waals surface area contributed by atoms with E-state index in [9.17, 15) is 4.79 Å². The van der Waals surface area contributed by atoms with Gasteiger partial charge in [-0.1, -0.05) is 18.2 Å². The zero-order valence-corrected chi connectivity index (χ0v) is 16.9. The normalized spacial score (nSPS) is 13.3. The number of rotatable bonds is 6. The van der Waals surface area contributed by atoms with Crippen LogP contribution in [0.2, 0.25) is 0 Å². The van der Waals surface area contributed by atoms with Crippen LogP contribution in [0.25, 0.3) is 5.69 Å². The van der Waals surface area contributed by atoms with Crippen LogP contribution in [0.15, 0.2) is 48.5 Å². The predicted molar refractivity (Wildman–Crippen MR) is 110 cm³/mol. The van der Waals surface area contributed by atoms with Crippen LogP contribution >= 0.6 is 0 Å². The van der Waals surface area contributed by atoms with Crippen LogP contribution in [0.5, 0.6) is 11.5 Å². The van der Waals surface area contributed by atoms with E-state index in [-0.39, 0.29) is 12.7 Å². The molecule has 4 rings (SSSR count). The lowest BCUT2D eigenvalue weighted by atomic mass is 10.2. The van der Waals surface area contributed by atoms with Crippen LogP contribution in [0.4, 0.5) is 5.69 Å². The molecule has 1 amide bonds. The van der Waals surface area contributed by atoms with Gasteiger partial charge in [-0.15, -0.1) is 0 Å². The van der Waals surface area contributed by atoms with E-state index in [4.69, 9.17) is 9.47 Å². The fraction of sp³-hybridized carbons (Fsp3) is 0.273. The minimum atomic E-state index is -0.0398. The SMILES string of the molecule is Cc1nn(-c2ccccc2)c(C)c1NC(=O)C[NH+](C)Cc1ccc2c(c1)OCO2. The van der Waals surface area contributed by atoms with E-state index in [2.05, 4.69) is 10.4 Å². The highest BCUT2D eigenvalue weighted by Gasteiger charge is 2.19. The van der Waals surface area contributed by atoms with Crippen LogP contribution in [0.1, 0.15) is 17.0 Å². The van der Waals surface area contributed by atoms with Gasteiger partial charge in [-0.25, -0.2) is 4.68 Å². The van der Waals surface area contributed by atoms with E-state index in [1.165, 1.54) is 0 Å². The number of likely N-dealkylation sites (N-methyl/N-ethyl adjacent to an activating group) is 1. The van der Waals surface area contributed by atoms with Crippen molar-refractivity contribution in [1.29, 1.82) is 0 Å². The maximum Gasteiger partial charge on any atom is 0.279 e. The standard InChI is InChI=1S/C22H24N4O3/c1-15-22(16(2)26(24-15)18-7-5-4-6-8-18)23-21(27)13-25(3)12-17-9-10-19-20(11-17)29-14-28-19/h4-11H,12-14H2,1-3H3,(H,23,27)/p+1. The average Bonchev–Trinajstić information content (AvgIpc) is 3.28. The molecule has 1 unspecified atom stereocenters. The number of nitrogens with one attached hydrogen (secondary N) is 2. The van der Waals surface area contributed by atoms with Gasteiger partial charge in [-0.05, 0) is 44.2 Å². The molecule has 0 aliphatic carbocycles. The number of ether oxygens (including phenoxy) is 2. The van der Waals surface area contributed by atoms with E-state index in [1.807, 2.05) is 74.1 Å². The number of aryl methyl sites for hydroxylation is 1. The van der Waals surface area contributed by atoms with Gasteiger partial charge in [-0.3, -0.25) is 4.79 Å². The van der Waals surface area contributed by atoms with E-state index >= 15 is 0 Å². The smallest absolute Gasteiger partial charge is 0.279 e. The topological polar surface area (TPSA) is 69.8 Å². The number of carbonyl (C=O) groups excluding carboxylic acids is 1. The zero-order chi connectivity index (χ0) is 20.4. The third kappa shape index (κ3) is 4.09. The van der Waals surface area contributed by atoms with Crippen molar-refractivity contribution < 1.29 is 19.2 Å². The number of para-hydroxylation sites is 1. The summed E-state index contributed by atoms with van der Waals surface area (Å²) in [6.07, 6.45) is 0. The van der Waals surface area contributed by atoms with Crippen LogP contribution in [0.3, 0.4) is 0 Å². The number of fused-ring (bicyclic) bond motifs is 1. The molecule has 7 nitrogen and oxygen atoms in total. The fourth-order valence-corrected chi connectivity index (χ4v) is 3.56. The van der Waals surface area contributed by atoms with Crippen molar-refractivity contribution in [3.05, 3.63) is 65.5 Å². The Bertz CT molecular complexity index is 1030. The quantitative estimate of drug-likeness (QED) is 0.671. The summed E-state index contributed by atoms with van der Waals surface area (Å²) in [5.74, 6) is 1.49. The van der Waals surface area contributed by atoms with Crippen molar-refractivity contribution in [2.45, 2.75) is 20.4 Å². The molecule has 1 atom stereocenters. The number of aromatic nitrogens is 2. The number of quaternary nitrogens is 1. The predicted octanol–water partition coefficient (Wildman–Crippen LogP) is 1.87. The Kier molecular flexibility index (Phi) is 5.22. The molecule has 0 saturated heterocycles. The van der Waals surface area contributed by atoms with E-state index in [0.717, 1.165) is 44.7 Å². The Labute approximate surface area is 169 Å². The zero-order valence-electron chi connectivity index (χ0n) is 16.9. The Balaban J connectivity index is 1.40. The second-order valence-corrected chi connectivity index (χ2v) is 7.34. The average molecular weight is 393 g/mol. The summed E-state index contributed by atoms with van der Waals surface area (Å²) >= 11 is 0. The van der Waals surface area contributed by atoms with E-state index in [1.54, 1.807) is 0 Å². The Morgan fingerprint density at radius 1 is 1.14 bits per heavy atom. The summed E-state index contributed by atoms with van der Waals surface area (Å²) in [7, 11) is 2.00. The summed E-state index contributed by atoms with van der Waals surface area (Å²) in [6.45, 7) is 5.20. The molecule has 3 aromatic rings. The number of benzene rings is 2. The lowest BCUT2D eigenvalue weighted by Gasteiger charge is -2.14. The fourth-order valence-electron chi connectivity index (χ4n) is 3.56. The molecular weight excluding hydrogens is 368 g/mol. The van der Waals surface area contributed by atoms with Crippen LogP contribution in [-0.4, -0.2) is 36.1 Å². The second-order valence-electron chi connectivity index (χ2n) is 7.34. The van der Waals surface area contributed by atoms with Crippen molar-refractivity contribution in [3.8, 4) is 17.2 Å². The van der Waals surface area contributed by atoms with Crippen molar-refractivity contribution >= 4 is 11.6 Å². The summed E-state index contributed by atoms with van der Waals surface area (Å²) in [5.41, 5.74) is 4.56. The highest BCUT2D eigenvalue weighted by Crippen LogP contribution is 2.32. The molecule has 7 heteroatoms. The summed E-state index contributed by atoms with van der Waals surface area (Å²) in [6, 6.07) is 15.8. The maximum absolute atomic E-state index is 12.6. The van der Waals surface area contributed by atoms with Crippen molar-refractivity contribution in [3.63, 3.8) is 0 Å². The Morgan fingerprint density at radius 2 is 1.90 bits per heavy atom. The molecule has 0 bridgehead atoms. The van der Waals surface area contributed by atoms with Crippen LogP contribution in [0, 0.1) is 13.8 Å². The molecule has 150 valence electrons. The van der Waals surface area contributed by atoms with E-state index in [0.29, 0.717) is 13.1 Å². The maximum atomic E-state index is 12.6. The molecule has 2 heterocycles.